The van der Waals surface area contributed by atoms with Gasteiger partial charge in [0, 0.05) is 9.50 Å². The lowest BCUT2D eigenvalue weighted by Gasteiger charge is -2.15. The van der Waals surface area contributed by atoms with Gasteiger partial charge in [0.2, 0.25) is 0 Å². The number of hydrogen-bond donors (Lipinski definition) is 1. The molecule has 17 heavy (non-hydrogen) atoms. The van der Waals surface area contributed by atoms with Crippen molar-refractivity contribution in [2.24, 2.45) is 0 Å². The molecule has 2 aromatic rings. The van der Waals surface area contributed by atoms with Crippen LogP contribution < -0.4 is 0 Å². The van der Waals surface area contributed by atoms with Crippen molar-refractivity contribution in [3.05, 3.63) is 68.7 Å². The van der Waals surface area contributed by atoms with Crippen LogP contribution in [-0.2, 0) is 0 Å². The van der Waals surface area contributed by atoms with E-state index < -0.39 is 6.10 Å². The third-order valence-electron chi connectivity index (χ3n) is 2.77. The number of halogens is 2. The molecule has 88 valence electrons. The fourth-order valence-electron chi connectivity index (χ4n) is 1.78. The highest BCUT2D eigenvalue weighted by molar-refractivity contribution is 9.10. The Hall–Kier alpha value is -0.830. The summed E-state index contributed by atoms with van der Waals surface area (Å²) in [5.74, 6) is 0. The van der Waals surface area contributed by atoms with E-state index in [1.807, 2.05) is 49.4 Å². The van der Waals surface area contributed by atoms with Gasteiger partial charge in [0.1, 0.15) is 6.10 Å². The van der Waals surface area contributed by atoms with Crippen LogP contribution in [0.1, 0.15) is 22.8 Å². The topological polar surface area (TPSA) is 20.2 Å². The van der Waals surface area contributed by atoms with Gasteiger partial charge in [-0.25, -0.2) is 0 Å². The summed E-state index contributed by atoms with van der Waals surface area (Å²) in [6.45, 7) is 1.92. The molecule has 0 spiro atoms. The molecule has 3 heteroatoms. The van der Waals surface area contributed by atoms with Crippen molar-refractivity contribution < 1.29 is 5.11 Å². The van der Waals surface area contributed by atoms with E-state index in [-0.39, 0.29) is 0 Å². The molecule has 2 rings (SSSR count). The molecule has 0 fully saturated rings. The van der Waals surface area contributed by atoms with E-state index in [0.717, 1.165) is 21.2 Å². The molecule has 0 saturated heterocycles. The predicted octanol–water partition coefficient (Wildman–Crippen LogP) is 4.49. The van der Waals surface area contributed by atoms with E-state index in [9.17, 15) is 5.11 Å². The highest BCUT2D eigenvalue weighted by Crippen LogP contribution is 2.29. The summed E-state index contributed by atoms with van der Waals surface area (Å²) in [4.78, 5) is 0. The van der Waals surface area contributed by atoms with Crippen LogP contribution in [0.25, 0.3) is 0 Å². The van der Waals surface area contributed by atoms with Gasteiger partial charge in [0.25, 0.3) is 0 Å². The molecular weight excluding hydrogens is 300 g/mol. The van der Waals surface area contributed by atoms with Crippen LogP contribution in [0.4, 0.5) is 0 Å². The molecule has 0 aliphatic carbocycles. The number of benzene rings is 2. The first-order valence-corrected chi connectivity index (χ1v) is 6.45. The maximum absolute atomic E-state index is 10.3. The summed E-state index contributed by atoms with van der Waals surface area (Å²) in [5, 5.41) is 11.0. The van der Waals surface area contributed by atoms with E-state index in [0.29, 0.717) is 5.02 Å². The minimum absolute atomic E-state index is 0.647. The van der Waals surface area contributed by atoms with Gasteiger partial charge in [0.15, 0.2) is 0 Å². The summed E-state index contributed by atoms with van der Waals surface area (Å²) in [7, 11) is 0. The van der Waals surface area contributed by atoms with Gasteiger partial charge in [-0.3, -0.25) is 0 Å². The first-order valence-electron chi connectivity index (χ1n) is 5.28. The first kappa shape index (κ1) is 12.6. The van der Waals surface area contributed by atoms with E-state index in [2.05, 4.69) is 15.9 Å². The zero-order valence-electron chi connectivity index (χ0n) is 9.32. The molecule has 0 aromatic heterocycles. The summed E-state index contributed by atoms with van der Waals surface area (Å²) in [6.07, 6.45) is -0.647. The highest BCUT2D eigenvalue weighted by Gasteiger charge is 2.14. The van der Waals surface area contributed by atoms with Crippen molar-refractivity contribution in [3.8, 4) is 0 Å². The van der Waals surface area contributed by atoms with E-state index in [1.54, 1.807) is 0 Å². The molecule has 0 heterocycles. The van der Waals surface area contributed by atoms with Gasteiger partial charge < -0.3 is 5.11 Å². The summed E-state index contributed by atoms with van der Waals surface area (Å²) in [5.41, 5.74) is 2.61. The third-order valence-corrected chi connectivity index (χ3v) is 3.67. The standard InChI is InChI=1S/C14H12BrClO/c1-9-12(6-3-7-13(9)16)14(17)10-4-2-5-11(15)8-10/h2-8,14,17H,1H3. The van der Waals surface area contributed by atoms with Crippen LogP contribution in [0.5, 0.6) is 0 Å². The zero-order valence-corrected chi connectivity index (χ0v) is 11.7. The normalized spacial score (nSPS) is 12.5. The maximum Gasteiger partial charge on any atom is 0.104 e. The van der Waals surface area contributed by atoms with Gasteiger partial charge >= 0.3 is 0 Å². The SMILES string of the molecule is Cc1c(Cl)cccc1C(O)c1cccc(Br)c1. The molecule has 2 aromatic carbocycles. The molecular formula is C14H12BrClO. The second-order valence-electron chi connectivity index (χ2n) is 3.91. The lowest BCUT2D eigenvalue weighted by molar-refractivity contribution is 0.219. The summed E-state index contributed by atoms with van der Waals surface area (Å²) < 4.78 is 0.953. The maximum atomic E-state index is 10.3. The largest absolute Gasteiger partial charge is 0.384 e. The third kappa shape index (κ3) is 2.71. The Balaban J connectivity index is 2.44. The molecule has 1 nitrogen and oxygen atoms in total. The fourth-order valence-corrected chi connectivity index (χ4v) is 2.38. The van der Waals surface area contributed by atoms with Gasteiger partial charge in [0.05, 0.1) is 0 Å². The number of aliphatic hydroxyl groups excluding tert-OH is 1. The molecule has 0 aliphatic heterocycles. The number of rotatable bonds is 2. The van der Waals surface area contributed by atoms with Crippen LogP contribution in [0, 0.1) is 6.92 Å². The summed E-state index contributed by atoms with van der Waals surface area (Å²) >= 11 is 9.46. The Labute approximate surface area is 114 Å². The quantitative estimate of drug-likeness (QED) is 0.866. The lowest BCUT2D eigenvalue weighted by Crippen LogP contribution is -2.02. The molecule has 1 atom stereocenters. The van der Waals surface area contributed by atoms with Crippen molar-refractivity contribution in [3.63, 3.8) is 0 Å². The monoisotopic (exact) mass is 310 g/mol. The van der Waals surface area contributed by atoms with E-state index >= 15 is 0 Å². The van der Waals surface area contributed by atoms with Gasteiger partial charge in [-0.15, -0.1) is 0 Å². The zero-order chi connectivity index (χ0) is 12.4. The lowest BCUT2D eigenvalue weighted by atomic mass is 9.98. The Bertz CT molecular complexity index is 539. The average molecular weight is 312 g/mol. The Morgan fingerprint density at radius 1 is 1.18 bits per heavy atom. The molecule has 0 amide bonds. The second kappa shape index (κ2) is 5.21. The van der Waals surface area contributed by atoms with Crippen molar-refractivity contribution in [1.29, 1.82) is 0 Å². The van der Waals surface area contributed by atoms with Gasteiger partial charge in [-0.1, -0.05) is 51.8 Å². The number of hydrogen-bond acceptors (Lipinski definition) is 1. The predicted molar refractivity (Wildman–Crippen MR) is 74.4 cm³/mol. The first-order chi connectivity index (χ1) is 8.09. The van der Waals surface area contributed by atoms with Crippen molar-refractivity contribution in [1.82, 2.24) is 0 Å². The average Bonchev–Trinajstić information content (AvgIpc) is 2.32. The fraction of sp³-hybridized carbons (Fsp3) is 0.143. The molecule has 1 N–H and O–H groups in total. The minimum Gasteiger partial charge on any atom is -0.384 e. The van der Waals surface area contributed by atoms with Crippen molar-refractivity contribution >= 4 is 27.5 Å². The van der Waals surface area contributed by atoms with Crippen molar-refractivity contribution in [2.45, 2.75) is 13.0 Å². The van der Waals surface area contributed by atoms with E-state index in [4.69, 9.17) is 11.6 Å². The van der Waals surface area contributed by atoms with Crippen LogP contribution in [0.15, 0.2) is 46.9 Å². The molecule has 0 radical (unpaired) electrons. The van der Waals surface area contributed by atoms with Gasteiger partial charge in [-0.2, -0.15) is 0 Å². The smallest absolute Gasteiger partial charge is 0.104 e. The van der Waals surface area contributed by atoms with Crippen molar-refractivity contribution in [2.75, 3.05) is 0 Å². The Morgan fingerprint density at radius 2 is 1.88 bits per heavy atom. The van der Waals surface area contributed by atoms with Crippen LogP contribution in [0.3, 0.4) is 0 Å². The summed E-state index contributed by atoms with van der Waals surface area (Å²) in [6, 6.07) is 13.2. The molecule has 0 aliphatic rings. The Kier molecular flexibility index (Phi) is 3.87. The Morgan fingerprint density at radius 3 is 2.59 bits per heavy atom. The van der Waals surface area contributed by atoms with Gasteiger partial charge in [-0.05, 0) is 41.8 Å². The molecule has 0 saturated carbocycles. The highest BCUT2D eigenvalue weighted by atomic mass is 79.9. The van der Waals surface area contributed by atoms with Crippen LogP contribution in [-0.4, -0.2) is 5.11 Å². The number of aliphatic hydroxyl groups is 1. The van der Waals surface area contributed by atoms with Crippen LogP contribution >= 0.6 is 27.5 Å². The second-order valence-corrected chi connectivity index (χ2v) is 5.23. The molecule has 0 bridgehead atoms. The molecule has 1 unspecified atom stereocenters. The van der Waals surface area contributed by atoms with Crippen LogP contribution in [0.2, 0.25) is 5.02 Å². The van der Waals surface area contributed by atoms with E-state index in [1.165, 1.54) is 0 Å². The minimum atomic E-state index is -0.647.